The Labute approximate surface area is 143 Å². The smallest absolute Gasteiger partial charge is 0.275 e. The van der Waals surface area contributed by atoms with Crippen LogP contribution in [0.3, 0.4) is 0 Å². The van der Waals surface area contributed by atoms with Crippen LogP contribution in [0, 0.1) is 0 Å². The zero-order valence-corrected chi connectivity index (χ0v) is 13.9. The van der Waals surface area contributed by atoms with E-state index in [2.05, 4.69) is 15.6 Å². The Balaban J connectivity index is 0.00000192. The van der Waals surface area contributed by atoms with Gasteiger partial charge in [0.05, 0.1) is 0 Å². The molecule has 1 aromatic heterocycles. The van der Waals surface area contributed by atoms with Crippen molar-refractivity contribution in [3.8, 4) is 0 Å². The van der Waals surface area contributed by atoms with Gasteiger partial charge < -0.3 is 16.4 Å². The Morgan fingerprint density at radius 2 is 2.22 bits per heavy atom. The molecule has 0 aliphatic carbocycles. The molecule has 1 aliphatic heterocycles. The van der Waals surface area contributed by atoms with Crippen LogP contribution in [0.25, 0.3) is 0 Å². The molecule has 0 bridgehead atoms. The first kappa shape index (κ1) is 17.4. The zero-order valence-electron chi connectivity index (χ0n) is 12.3. The lowest BCUT2D eigenvalue weighted by Gasteiger charge is -2.10. The predicted octanol–water partition coefficient (Wildman–Crippen LogP) is 2.55. The number of rotatable bonds is 3. The first-order valence-electron chi connectivity index (χ1n) is 7.04. The van der Waals surface area contributed by atoms with E-state index in [-0.39, 0.29) is 24.2 Å². The van der Waals surface area contributed by atoms with Gasteiger partial charge in [-0.05, 0) is 36.6 Å². The van der Waals surface area contributed by atoms with Crippen LogP contribution in [0.5, 0.6) is 0 Å². The van der Waals surface area contributed by atoms with Crippen molar-refractivity contribution in [2.75, 3.05) is 10.6 Å². The molecule has 4 N–H and O–H groups in total. The predicted molar refractivity (Wildman–Crippen MR) is 93.2 cm³/mol. The fourth-order valence-electron chi connectivity index (χ4n) is 2.36. The molecule has 0 radical (unpaired) electrons. The number of amides is 2. The van der Waals surface area contributed by atoms with Gasteiger partial charge in [-0.1, -0.05) is 0 Å². The van der Waals surface area contributed by atoms with Crippen molar-refractivity contribution in [3.63, 3.8) is 0 Å². The second-order valence-corrected chi connectivity index (χ2v) is 6.00. The van der Waals surface area contributed by atoms with Crippen LogP contribution >= 0.6 is 23.7 Å². The number of benzene rings is 1. The number of carbonyl (C=O) groups excluding carboxylic acids is 2. The summed E-state index contributed by atoms with van der Waals surface area (Å²) in [4.78, 5) is 27.8. The number of hydrogen-bond acceptors (Lipinski definition) is 5. The van der Waals surface area contributed by atoms with E-state index in [0.717, 1.165) is 29.1 Å². The largest absolute Gasteiger partial charge is 0.326 e. The summed E-state index contributed by atoms with van der Waals surface area (Å²) in [6.45, 7) is 0.330. The highest BCUT2D eigenvalue weighted by Crippen LogP contribution is 2.25. The van der Waals surface area contributed by atoms with E-state index in [1.54, 1.807) is 11.4 Å². The van der Waals surface area contributed by atoms with Gasteiger partial charge in [0.2, 0.25) is 5.91 Å². The Kier molecular flexibility index (Phi) is 5.70. The second kappa shape index (κ2) is 7.54. The van der Waals surface area contributed by atoms with Gasteiger partial charge in [0.25, 0.3) is 5.91 Å². The van der Waals surface area contributed by atoms with Crippen molar-refractivity contribution >= 4 is 46.9 Å². The lowest BCUT2D eigenvalue weighted by molar-refractivity contribution is -0.116. The molecular formula is C15H17ClN4O2S. The van der Waals surface area contributed by atoms with Crippen molar-refractivity contribution in [1.29, 1.82) is 0 Å². The van der Waals surface area contributed by atoms with Crippen molar-refractivity contribution in [1.82, 2.24) is 4.98 Å². The van der Waals surface area contributed by atoms with Crippen molar-refractivity contribution in [2.24, 2.45) is 5.73 Å². The molecule has 0 fully saturated rings. The lowest BCUT2D eigenvalue weighted by atomic mass is 10.1. The quantitative estimate of drug-likeness (QED) is 0.790. The van der Waals surface area contributed by atoms with Crippen molar-refractivity contribution < 1.29 is 9.59 Å². The van der Waals surface area contributed by atoms with Crippen molar-refractivity contribution in [2.45, 2.75) is 25.8 Å². The number of carbonyl (C=O) groups is 2. The molecule has 23 heavy (non-hydrogen) atoms. The van der Waals surface area contributed by atoms with Crippen LogP contribution in [0.1, 0.15) is 33.9 Å². The summed E-state index contributed by atoms with van der Waals surface area (Å²) in [5.41, 5.74) is 8.42. The van der Waals surface area contributed by atoms with E-state index in [4.69, 9.17) is 5.73 Å². The highest BCUT2D eigenvalue weighted by atomic mass is 35.5. The normalized spacial score (nSPS) is 13.3. The fourth-order valence-corrected chi connectivity index (χ4v) is 3.01. The average Bonchev–Trinajstić information content (AvgIpc) is 2.91. The molecule has 0 unspecified atom stereocenters. The molecule has 2 amide bonds. The number of nitrogens with two attached hydrogens (primary N) is 1. The van der Waals surface area contributed by atoms with Gasteiger partial charge in [0.15, 0.2) is 0 Å². The number of nitrogens with zero attached hydrogens (tertiary/aromatic N) is 1. The minimum Gasteiger partial charge on any atom is -0.326 e. The molecule has 0 saturated heterocycles. The van der Waals surface area contributed by atoms with Gasteiger partial charge in [-0.3, -0.25) is 9.59 Å². The third-order valence-electron chi connectivity index (χ3n) is 3.45. The van der Waals surface area contributed by atoms with Crippen molar-refractivity contribution in [3.05, 3.63) is 39.8 Å². The molecule has 8 heteroatoms. The Bertz CT molecular complexity index is 732. The lowest BCUT2D eigenvalue weighted by Crippen LogP contribution is -2.13. The summed E-state index contributed by atoms with van der Waals surface area (Å²) < 4.78 is 0. The number of halogens is 1. The highest BCUT2D eigenvalue weighted by Gasteiger charge is 2.15. The topological polar surface area (TPSA) is 97.1 Å². The summed E-state index contributed by atoms with van der Waals surface area (Å²) in [6, 6.07) is 5.49. The molecule has 2 aromatic rings. The van der Waals surface area contributed by atoms with Gasteiger partial charge >= 0.3 is 0 Å². The van der Waals surface area contributed by atoms with E-state index in [9.17, 15) is 9.59 Å². The SMILES string of the molecule is Cl.NCc1nc(C(=O)Nc2ccc3c(c2)CCCC(=O)N3)cs1. The molecule has 0 saturated carbocycles. The molecular weight excluding hydrogens is 336 g/mol. The van der Waals surface area contributed by atoms with Gasteiger partial charge in [0.1, 0.15) is 10.7 Å². The van der Waals surface area contributed by atoms with Crippen LogP contribution in [-0.2, 0) is 17.8 Å². The molecule has 2 heterocycles. The number of anilines is 2. The van der Waals surface area contributed by atoms with Gasteiger partial charge in [0, 0.05) is 29.7 Å². The molecule has 0 atom stereocenters. The van der Waals surface area contributed by atoms with Crippen LogP contribution in [0.15, 0.2) is 23.6 Å². The minimum atomic E-state index is -0.256. The molecule has 6 nitrogen and oxygen atoms in total. The average molecular weight is 353 g/mol. The number of nitrogens with one attached hydrogen (secondary N) is 2. The Morgan fingerprint density at radius 1 is 1.39 bits per heavy atom. The maximum atomic E-state index is 12.2. The van der Waals surface area contributed by atoms with E-state index >= 15 is 0 Å². The van der Waals surface area contributed by atoms with Gasteiger partial charge in [-0.2, -0.15) is 0 Å². The first-order chi connectivity index (χ1) is 10.7. The number of aryl methyl sites for hydroxylation is 1. The number of fused-ring (bicyclic) bond motifs is 1. The second-order valence-electron chi connectivity index (χ2n) is 5.06. The molecule has 122 valence electrons. The van der Waals surface area contributed by atoms with E-state index in [1.807, 2.05) is 12.1 Å². The molecule has 0 spiro atoms. The Morgan fingerprint density at radius 3 is 2.96 bits per heavy atom. The van der Waals surface area contributed by atoms with Crippen LogP contribution in [0.2, 0.25) is 0 Å². The van der Waals surface area contributed by atoms with Crippen LogP contribution in [0.4, 0.5) is 11.4 Å². The maximum Gasteiger partial charge on any atom is 0.275 e. The number of aromatic nitrogens is 1. The highest BCUT2D eigenvalue weighted by molar-refractivity contribution is 7.09. The Hall–Kier alpha value is -1.96. The number of hydrogen-bond donors (Lipinski definition) is 3. The summed E-state index contributed by atoms with van der Waals surface area (Å²) in [5, 5.41) is 8.13. The van der Waals surface area contributed by atoms with Gasteiger partial charge in [-0.15, -0.1) is 23.7 Å². The molecule has 1 aliphatic rings. The van der Waals surface area contributed by atoms with E-state index in [1.165, 1.54) is 11.3 Å². The summed E-state index contributed by atoms with van der Waals surface area (Å²) >= 11 is 1.37. The molecule has 3 rings (SSSR count). The summed E-state index contributed by atoms with van der Waals surface area (Å²) in [7, 11) is 0. The standard InChI is InChI=1S/C15H16N4O2S.ClH/c16-7-14-19-12(8-22-14)15(21)17-10-4-5-11-9(6-10)2-1-3-13(20)18-11;/h4-6,8H,1-3,7,16H2,(H,17,21)(H,18,20);1H. The fraction of sp³-hybridized carbons (Fsp3) is 0.267. The monoisotopic (exact) mass is 352 g/mol. The third-order valence-corrected chi connectivity index (χ3v) is 4.32. The van der Waals surface area contributed by atoms with Gasteiger partial charge in [-0.25, -0.2) is 4.98 Å². The minimum absolute atomic E-state index is 0. The number of thiazole rings is 1. The van der Waals surface area contributed by atoms with Crippen LogP contribution in [-0.4, -0.2) is 16.8 Å². The van der Waals surface area contributed by atoms with E-state index in [0.29, 0.717) is 24.3 Å². The summed E-state index contributed by atoms with van der Waals surface area (Å²) in [6.07, 6.45) is 2.14. The summed E-state index contributed by atoms with van der Waals surface area (Å²) in [5.74, 6) is -0.221. The first-order valence-corrected chi connectivity index (χ1v) is 7.92. The molecule has 1 aromatic carbocycles. The van der Waals surface area contributed by atoms with E-state index < -0.39 is 0 Å². The van der Waals surface area contributed by atoms with Crippen LogP contribution < -0.4 is 16.4 Å². The zero-order chi connectivity index (χ0) is 15.5. The third kappa shape index (κ3) is 4.07. The maximum absolute atomic E-state index is 12.2.